The number of hydrogen-bond acceptors (Lipinski definition) is 7. The van der Waals surface area contributed by atoms with Gasteiger partial charge in [-0.1, -0.05) is 30.3 Å². The van der Waals surface area contributed by atoms with Crippen LogP contribution in [0.3, 0.4) is 0 Å². The molecule has 0 unspecified atom stereocenters. The molecule has 10 heteroatoms. The van der Waals surface area contributed by atoms with E-state index >= 15 is 0 Å². The molecule has 0 fully saturated rings. The maximum Gasteiger partial charge on any atom is 0.358 e. The SMILES string of the molecule is COC(=O)c1cc(COC(=O)c2cc3nc(-c4ccccc4)cc(=O)n3[nH]2)n(C)n1. The van der Waals surface area contributed by atoms with E-state index < -0.39 is 11.9 Å². The fourth-order valence-electron chi connectivity index (χ4n) is 2.92. The number of methoxy groups -OCH3 is 1. The van der Waals surface area contributed by atoms with Gasteiger partial charge in [0.1, 0.15) is 12.3 Å². The number of aromatic nitrogens is 5. The third-order valence-electron chi connectivity index (χ3n) is 4.46. The van der Waals surface area contributed by atoms with Crippen LogP contribution in [-0.4, -0.2) is 43.4 Å². The molecule has 3 aromatic heterocycles. The Labute approximate surface area is 169 Å². The number of rotatable bonds is 5. The average Bonchev–Trinajstić information content (AvgIpc) is 3.36. The Morgan fingerprint density at radius 3 is 2.60 bits per heavy atom. The number of fused-ring (bicyclic) bond motifs is 1. The van der Waals surface area contributed by atoms with Gasteiger partial charge in [0, 0.05) is 24.7 Å². The van der Waals surface area contributed by atoms with E-state index in [0.29, 0.717) is 17.0 Å². The number of aryl methyl sites for hydroxylation is 1. The molecule has 0 radical (unpaired) electrons. The first-order valence-corrected chi connectivity index (χ1v) is 8.93. The second-order valence-corrected chi connectivity index (χ2v) is 6.42. The maximum absolute atomic E-state index is 12.4. The Kier molecular flexibility index (Phi) is 4.88. The van der Waals surface area contributed by atoms with Gasteiger partial charge in [0.05, 0.1) is 18.5 Å². The minimum Gasteiger partial charge on any atom is -0.464 e. The van der Waals surface area contributed by atoms with E-state index in [4.69, 9.17) is 4.74 Å². The Morgan fingerprint density at radius 2 is 1.87 bits per heavy atom. The van der Waals surface area contributed by atoms with E-state index in [1.165, 1.54) is 34.5 Å². The molecule has 1 aromatic carbocycles. The van der Waals surface area contributed by atoms with E-state index in [0.717, 1.165) is 5.56 Å². The molecule has 1 N–H and O–H groups in total. The first kappa shape index (κ1) is 19.1. The normalized spacial score (nSPS) is 10.9. The number of ether oxygens (including phenoxy) is 2. The number of carbonyl (C=O) groups excluding carboxylic acids is 2. The van der Waals surface area contributed by atoms with Crippen LogP contribution >= 0.6 is 0 Å². The predicted molar refractivity (Wildman–Crippen MR) is 105 cm³/mol. The highest BCUT2D eigenvalue weighted by atomic mass is 16.5. The van der Waals surface area contributed by atoms with Gasteiger partial charge in [-0.3, -0.25) is 14.6 Å². The zero-order valence-electron chi connectivity index (χ0n) is 16.2. The van der Waals surface area contributed by atoms with Gasteiger partial charge in [-0.15, -0.1) is 0 Å². The smallest absolute Gasteiger partial charge is 0.358 e. The lowest BCUT2D eigenvalue weighted by Crippen LogP contribution is -2.15. The standard InChI is InChI=1S/C20H17N5O5/c1-24-13(8-15(22-24)19(27)29-2)11-30-20(28)16-9-17-21-14(10-18(26)25(17)23-16)12-6-4-3-5-7-12/h3-10,23H,11H2,1-2H3. The molecule has 30 heavy (non-hydrogen) atoms. The summed E-state index contributed by atoms with van der Waals surface area (Å²) in [6, 6.07) is 13.6. The van der Waals surface area contributed by atoms with Crippen molar-refractivity contribution < 1.29 is 19.1 Å². The van der Waals surface area contributed by atoms with Crippen molar-refractivity contribution in [3.8, 4) is 11.3 Å². The molecule has 0 aliphatic carbocycles. The summed E-state index contributed by atoms with van der Waals surface area (Å²) in [5.74, 6) is -1.26. The molecule has 0 saturated carbocycles. The third kappa shape index (κ3) is 3.58. The van der Waals surface area contributed by atoms with E-state index in [2.05, 4.69) is 19.9 Å². The molecule has 10 nitrogen and oxygen atoms in total. The van der Waals surface area contributed by atoms with Crippen LogP contribution in [0, 0.1) is 0 Å². The summed E-state index contributed by atoms with van der Waals surface area (Å²) in [6.07, 6.45) is 0. The Morgan fingerprint density at radius 1 is 1.10 bits per heavy atom. The third-order valence-corrected chi connectivity index (χ3v) is 4.46. The summed E-state index contributed by atoms with van der Waals surface area (Å²) in [5, 5.41) is 6.70. The molecular weight excluding hydrogens is 390 g/mol. The lowest BCUT2D eigenvalue weighted by atomic mass is 10.1. The zero-order chi connectivity index (χ0) is 21.3. The number of nitrogens with one attached hydrogen (secondary N) is 1. The second kappa shape index (κ2) is 7.66. The number of carbonyl (C=O) groups is 2. The number of aromatic amines is 1. The van der Waals surface area contributed by atoms with Crippen molar-refractivity contribution in [2.75, 3.05) is 7.11 Å². The largest absolute Gasteiger partial charge is 0.464 e. The number of H-pyrrole nitrogens is 1. The summed E-state index contributed by atoms with van der Waals surface area (Å²) >= 11 is 0. The van der Waals surface area contributed by atoms with Crippen LogP contribution in [0.1, 0.15) is 26.7 Å². The van der Waals surface area contributed by atoms with Crippen molar-refractivity contribution in [2.24, 2.45) is 7.05 Å². The minimum absolute atomic E-state index is 0.0696. The molecule has 4 rings (SSSR count). The number of benzene rings is 1. The summed E-state index contributed by atoms with van der Waals surface area (Å²) < 4.78 is 12.5. The van der Waals surface area contributed by atoms with Gasteiger partial charge < -0.3 is 9.47 Å². The van der Waals surface area contributed by atoms with Crippen LogP contribution in [0.25, 0.3) is 16.9 Å². The van der Waals surface area contributed by atoms with Gasteiger partial charge in [-0.25, -0.2) is 19.1 Å². The molecule has 4 aromatic rings. The number of nitrogens with zero attached hydrogens (tertiary/aromatic N) is 4. The molecule has 0 bridgehead atoms. The highest BCUT2D eigenvalue weighted by Crippen LogP contribution is 2.16. The van der Waals surface area contributed by atoms with Crippen LogP contribution in [0.5, 0.6) is 0 Å². The highest BCUT2D eigenvalue weighted by Gasteiger charge is 2.17. The zero-order valence-corrected chi connectivity index (χ0v) is 16.2. The monoisotopic (exact) mass is 407 g/mol. The Hall–Kier alpha value is -4.21. The van der Waals surface area contributed by atoms with Crippen LogP contribution < -0.4 is 5.56 Å². The molecule has 0 saturated heterocycles. The molecule has 3 heterocycles. The van der Waals surface area contributed by atoms with Crippen LogP contribution in [0.2, 0.25) is 0 Å². The molecule has 0 amide bonds. The van der Waals surface area contributed by atoms with E-state index in [-0.39, 0.29) is 23.6 Å². The number of hydrogen-bond donors (Lipinski definition) is 1. The van der Waals surface area contributed by atoms with E-state index in [1.807, 2.05) is 30.3 Å². The van der Waals surface area contributed by atoms with Crippen molar-refractivity contribution in [3.05, 3.63) is 76.0 Å². The predicted octanol–water partition coefficient (Wildman–Crippen LogP) is 1.57. The Balaban J connectivity index is 1.55. The van der Waals surface area contributed by atoms with Gasteiger partial charge in [0.15, 0.2) is 11.3 Å². The van der Waals surface area contributed by atoms with Gasteiger partial charge in [0.2, 0.25) is 0 Å². The molecule has 0 spiro atoms. The van der Waals surface area contributed by atoms with Crippen LogP contribution in [0.4, 0.5) is 0 Å². The molecule has 0 aliphatic rings. The van der Waals surface area contributed by atoms with E-state index in [1.54, 1.807) is 7.05 Å². The maximum atomic E-state index is 12.4. The summed E-state index contributed by atoms with van der Waals surface area (Å²) in [7, 11) is 2.87. The Bertz CT molecular complexity index is 1300. The molecule has 152 valence electrons. The first-order chi connectivity index (χ1) is 14.5. The van der Waals surface area contributed by atoms with Gasteiger partial charge in [0.25, 0.3) is 5.56 Å². The van der Waals surface area contributed by atoms with Crippen molar-refractivity contribution in [1.29, 1.82) is 0 Å². The first-order valence-electron chi connectivity index (χ1n) is 8.93. The van der Waals surface area contributed by atoms with Crippen molar-refractivity contribution in [2.45, 2.75) is 6.61 Å². The molecule has 0 aliphatic heterocycles. The fourth-order valence-corrected chi connectivity index (χ4v) is 2.92. The summed E-state index contributed by atoms with van der Waals surface area (Å²) in [5.41, 5.74) is 1.92. The van der Waals surface area contributed by atoms with Gasteiger partial charge in [-0.2, -0.15) is 5.10 Å². The van der Waals surface area contributed by atoms with Crippen molar-refractivity contribution in [1.82, 2.24) is 24.4 Å². The lowest BCUT2D eigenvalue weighted by Gasteiger charge is -2.03. The average molecular weight is 407 g/mol. The van der Waals surface area contributed by atoms with Crippen LogP contribution in [-0.2, 0) is 23.1 Å². The molecular formula is C20H17N5O5. The second-order valence-electron chi connectivity index (χ2n) is 6.42. The molecule has 0 atom stereocenters. The van der Waals surface area contributed by atoms with Gasteiger partial charge in [-0.05, 0) is 6.07 Å². The topological polar surface area (TPSA) is 121 Å². The van der Waals surface area contributed by atoms with Crippen molar-refractivity contribution >= 4 is 17.6 Å². The minimum atomic E-state index is -0.679. The fraction of sp³-hybridized carbons (Fsp3) is 0.150. The number of esters is 2. The van der Waals surface area contributed by atoms with Crippen LogP contribution in [0.15, 0.2) is 53.3 Å². The van der Waals surface area contributed by atoms with Gasteiger partial charge >= 0.3 is 11.9 Å². The van der Waals surface area contributed by atoms with E-state index in [9.17, 15) is 14.4 Å². The summed E-state index contributed by atoms with van der Waals surface area (Å²) in [6.45, 7) is -0.119. The van der Waals surface area contributed by atoms with Crippen molar-refractivity contribution in [3.63, 3.8) is 0 Å². The summed E-state index contributed by atoms with van der Waals surface area (Å²) in [4.78, 5) is 40.8. The lowest BCUT2D eigenvalue weighted by molar-refractivity contribution is 0.0455. The highest BCUT2D eigenvalue weighted by molar-refractivity contribution is 5.89. The quantitative estimate of drug-likeness (QED) is 0.499.